The predicted octanol–water partition coefficient (Wildman–Crippen LogP) is 2.48. The largest absolute Gasteiger partial charge is 0.464 e. The molecule has 2 aromatic heterocycles. The first-order chi connectivity index (χ1) is 13.6. The van der Waals surface area contributed by atoms with Gasteiger partial charge in [-0.1, -0.05) is 41.7 Å². The van der Waals surface area contributed by atoms with Crippen LogP contribution in [0.5, 0.6) is 0 Å². The number of ether oxygens (including phenoxy) is 1. The van der Waals surface area contributed by atoms with Gasteiger partial charge in [0.05, 0.1) is 18.8 Å². The fraction of sp³-hybridized carbons (Fsp3) is 0.368. The molecule has 1 aromatic carbocycles. The highest BCUT2D eigenvalue weighted by molar-refractivity contribution is 7.17. The zero-order valence-corrected chi connectivity index (χ0v) is 16.5. The third-order valence-electron chi connectivity index (χ3n) is 4.62. The van der Waals surface area contributed by atoms with E-state index in [1.807, 2.05) is 34.8 Å². The monoisotopic (exact) mass is 399 g/mol. The molecule has 0 fully saturated rings. The van der Waals surface area contributed by atoms with Gasteiger partial charge in [0, 0.05) is 23.4 Å². The Kier molecular flexibility index (Phi) is 4.99. The lowest BCUT2D eigenvalue weighted by atomic mass is 10.2. The van der Waals surface area contributed by atoms with Crippen LogP contribution in [-0.4, -0.2) is 50.7 Å². The molecule has 1 aliphatic heterocycles. The number of esters is 1. The molecule has 0 saturated heterocycles. The molecule has 0 spiro atoms. The van der Waals surface area contributed by atoms with E-state index in [9.17, 15) is 9.59 Å². The maximum absolute atomic E-state index is 12.5. The molecule has 0 aliphatic carbocycles. The molecule has 0 saturated carbocycles. The van der Waals surface area contributed by atoms with Gasteiger partial charge in [0.1, 0.15) is 6.04 Å². The molecule has 9 heteroatoms. The first kappa shape index (κ1) is 18.4. The number of nitrogens with one attached hydrogen (secondary N) is 1. The van der Waals surface area contributed by atoms with Crippen molar-refractivity contribution in [3.8, 4) is 11.4 Å². The van der Waals surface area contributed by atoms with Crippen molar-refractivity contribution in [1.29, 1.82) is 0 Å². The molecular formula is C19H21N5O3S. The van der Waals surface area contributed by atoms with Crippen molar-refractivity contribution in [2.45, 2.75) is 32.9 Å². The van der Waals surface area contributed by atoms with E-state index in [0.29, 0.717) is 31.9 Å². The van der Waals surface area contributed by atoms with Crippen molar-refractivity contribution < 1.29 is 14.3 Å². The average Bonchev–Trinajstić information content (AvgIpc) is 3.26. The van der Waals surface area contributed by atoms with E-state index < -0.39 is 12.0 Å². The van der Waals surface area contributed by atoms with Gasteiger partial charge in [-0.3, -0.25) is 0 Å². The third kappa shape index (κ3) is 3.45. The fourth-order valence-corrected chi connectivity index (χ4v) is 4.29. The van der Waals surface area contributed by atoms with Crippen LogP contribution in [0.2, 0.25) is 0 Å². The molecule has 0 bridgehead atoms. The van der Waals surface area contributed by atoms with E-state index in [4.69, 9.17) is 4.74 Å². The zero-order valence-electron chi connectivity index (χ0n) is 15.7. The molecular weight excluding hydrogens is 378 g/mol. The summed E-state index contributed by atoms with van der Waals surface area (Å²) in [7, 11) is 0. The minimum Gasteiger partial charge on any atom is -0.464 e. The summed E-state index contributed by atoms with van der Waals surface area (Å²) in [6.07, 6.45) is 0.689. The van der Waals surface area contributed by atoms with Crippen LogP contribution in [-0.2, 0) is 22.5 Å². The number of fused-ring (bicyclic) bond motifs is 3. The highest BCUT2D eigenvalue weighted by Gasteiger charge is 2.28. The topological polar surface area (TPSA) is 88.8 Å². The van der Waals surface area contributed by atoms with Crippen molar-refractivity contribution in [1.82, 2.24) is 24.8 Å². The summed E-state index contributed by atoms with van der Waals surface area (Å²) >= 11 is 1.55. The van der Waals surface area contributed by atoms with Gasteiger partial charge in [-0.15, -0.1) is 5.10 Å². The zero-order chi connectivity index (χ0) is 19.7. The van der Waals surface area contributed by atoms with Gasteiger partial charge in [-0.2, -0.15) is 4.98 Å². The number of rotatable bonds is 4. The second kappa shape index (κ2) is 7.59. The molecule has 4 rings (SSSR count). The van der Waals surface area contributed by atoms with Crippen LogP contribution in [0.25, 0.3) is 16.3 Å². The van der Waals surface area contributed by atoms with Crippen molar-refractivity contribution in [3.63, 3.8) is 0 Å². The number of amides is 2. The molecule has 0 radical (unpaired) electrons. The minimum absolute atomic E-state index is 0.268. The van der Waals surface area contributed by atoms with E-state index >= 15 is 0 Å². The molecule has 1 atom stereocenters. The summed E-state index contributed by atoms with van der Waals surface area (Å²) in [6, 6.07) is 8.93. The lowest BCUT2D eigenvalue weighted by molar-refractivity contribution is -0.144. The van der Waals surface area contributed by atoms with Gasteiger partial charge in [0.15, 0.2) is 5.82 Å². The Morgan fingerprint density at radius 2 is 2.11 bits per heavy atom. The van der Waals surface area contributed by atoms with Crippen molar-refractivity contribution in [2.75, 3.05) is 13.2 Å². The highest BCUT2D eigenvalue weighted by atomic mass is 32.1. The third-order valence-corrected chi connectivity index (χ3v) is 5.68. The maximum Gasteiger partial charge on any atom is 0.328 e. The second-order valence-corrected chi connectivity index (χ2v) is 7.62. The summed E-state index contributed by atoms with van der Waals surface area (Å²) in [5.41, 5.74) is 2.08. The molecule has 28 heavy (non-hydrogen) atoms. The van der Waals surface area contributed by atoms with Gasteiger partial charge < -0.3 is 15.0 Å². The normalized spacial score (nSPS) is 14.6. The first-order valence-electron chi connectivity index (χ1n) is 9.21. The number of aromatic nitrogens is 3. The summed E-state index contributed by atoms with van der Waals surface area (Å²) in [4.78, 5) is 32.4. The number of hydrogen-bond donors (Lipinski definition) is 1. The number of hydrogen-bond acceptors (Lipinski definition) is 6. The van der Waals surface area contributed by atoms with E-state index in [-0.39, 0.29) is 6.03 Å². The number of carbonyl (C=O) groups excluding carboxylic acids is 2. The smallest absolute Gasteiger partial charge is 0.328 e. The van der Waals surface area contributed by atoms with Gasteiger partial charge in [-0.25, -0.2) is 14.1 Å². The van der Waals surface area contributed by atoms with Gasteiger partial charge in [0.2, 0.25) is 4.96 Å². The molecule has 1 N–H and O–H groups in total. The van der Waals surface area contributed by atoms with Crippen LogP contribution in [0.3, 0.4) is 0 Å². The van der Waals surface area contributed by atoms with E-state index in [1.54, 1.807) is 30.1 Å². The number of thiazole rings is 1. The second-order valence-electron chi connectivity index (χ2n) is 6.56. The lowest BCUT2D eigenvalue weighted by Gasteiger charge is -2.27. The standard InChI is InChI=1S/C19H21N5O3S/c1-3-27-17(25)12(2)20-18(26)23-10-9-14-15(11-23)28-19-21-16(22-24(14)19)13-7-5-4-6-8-13/h4-8,12H,3,9-11H2,1-2H3,(H,20,26). The molecule has 146 valence electrons. The van der Waals surface area contributed by atoms with Crippen LogP contribution in [0.4, 0.5) is 4.79 Å². The molecule has 8 nitrogen and oxygen atoms in total. The molecule has 3 aromatic rings. The van der Waals surface area contributed by atoms with Crippen LogP contribution in [0.1, 0.15) is 24.4 Å². The average molecular weight is 399 g/mol. The van der Waals surface area contributed by atoms with Crippen molar-refractivity contribution in [2.24, 2.45) is 0 Å². The Balaban J connectivity index is 1.48. The number of benzene rings is 1. The molecule has 2 amide bonds. The number of urea groups is 1. The highest BCUT2D eigenvalue weighted by Crippen LogP contribution is 2.29. The predicted molar refractivity (Wildman–Crippen MR) is 105 cm³/mol. The van der Waals surface area contributed by atoms with Crippen LogP contribution < -0.4 is 5.32 Å². The summed E-state index contributed by atoms with van der Waals surface area (Å²) < 4.78 is 6.82. The van der Waals surface area contributed by atoms with E-state index in [0.717, 1.165) is 21.1 Å². The van der Waals surface area contributed by atoms with E-state index in [1.165, 1.54) is 0 Å². The quantitative estimate of drug-likeness (QED) is 0.681. The van der Waals surface area contributed by atoms with Gasteiger partial charge >= 0.3 is 12.0 Å². The first-order valence-corrected chi connectivity index (χ1v) is 10.0. The van der Waals surface area contributed by atoms with Crippen molar-refractivity contribution in [3.05, 3.63) is 40.9 Å². The summed E-state index contributed by atoms with van der Waals surface area (Å²) in [6.45, 7) is 4.69. The molecule has 3 heterocycles. The Hall–Kier alpha value is -2.94. The number of carbonyl (C=O) groups is 2. The molecule has 1 unspecified atom stereocenters. The Labute approximate surface area is 166 Å². The summed E-state index contributed by atoms with van der Waals surface area (Å²) in [5.74, 6) is 0.277. The Bertz CT molecular complexity index is 1010. The van der Waals surface area contributed by atoms with Gasteiger partial charge in [0.25, 0.3) is 0 Å². The van der Waals surface area contributed by atoms with Crippen LogP contribution >= 0.6 is 11.3 Å². The molecule has 1 aliphatic rings. The van der Waals surface area contributed by atoms with E-state index in [2.05, 4.69) is 15.4 Å². The maximum atomic E-state index is 12.5. The lowest BCUT2D eigenvalue weighted by Crippen LogP contribution is -2.48. The Morgan fingerprint density at radius 1 is 1.32 bits per heavy atom. The van der Waals surface area contributed by atoms with Crippen LogP contribution in [0.15, 0.2) is 30.3 Å². The Morgan fingerprint density at radius 3 is 2.86 bits per heavy atom. The van der Waals surface area contributed by atoms with Crippen molar-refractivity contribution >= 4 is 28.3 Å². The summed E-state index contributed by atoms with van der Waals surface area (Å²) in [5, 5.41) is 7.36. The fourth-order valence-electron chi connectivity index (χ4n) is 3.17. The van der Waals surface area contributed by atoms with Crippen LogP contribution in [0, 0.1) is 0 Å². The minimum atomic E-state index is -0.676. The van der Waals surface area contributed by atoms with Gasteiger partial charge in [-0.05, 0) is 13.8 Å². The number of nitrogens with zero attached hydrogens (tertiary/aromatic N) is 4. The SMILES string of the molecule is CCOC(=O)C(C)NC(=O)N1CCc2c(sc3nc(-c4ccccc4)nn23)C1.